The maximum Gasteiger partial charge on any atom is 0.167 e. The number of nitrogens with zero attached hydrogens (tertiary/aromatic N) is 1. The van der Waals surface area contributed by atoms with Crippen molar-refractivity contribution < 1.29 is 24.1 Å². The number of aliphatic hydroxyl groups is 1. The summed E-state index contributed by atoms with van der Waals surface area (Å²) in [5.74, 6) is 1.37. The Morgan fingerprint density at radius 2 is 1.68 bits per heavy atom. The number of ether oxygens (including phenoxy) is 3. The molecule has 0 radical (unpaired) electrons. The van der Waals surface area contributed by atoms with E-state index in [1.165, 1.54) is 18.4 Å². The average molecular weight is 558 g/mol. The predicted molar refractivity (Wildman–Crippen MR) is 160 cm³/mol. The molecule has 3 aromatic rings. The fraction of sp³-hybridized carbons (Fsp3) is 0.457. The van der Waals surface area contributed by atoms with Crippen molar-refractivity contribution in [3.8, 4) is 11.5 Å². The number of methoxy groups -OCH3 is 1. The van der Waals surface area contributed by atoms with Crippen LogP contribution in [0.4, 0.5) is 0 Å². The van der Waals surface area contributed by atoms with Crippen LogP contribution in [0.25, 0.3) is 0 Å². The molecule has 1 saturated heterocycles. The fourth-order valence-electron chi connectivity index (χ4n) is 6.74. The van der Waals surface area contributed by atoms with Gasteiger partial charge in [0.15, 0.2) is 24.0 Å². The quantitative estimate of drug-likeness (QED) is 0.271. The number of hydrogen-bond donors (Lipinski definition) is 1. The van der Waals surface area contributed by atoms with E-state index in [4.69, 9.17) is 14.2 Å². The molecule has 1 aliphatic heterocycles. The minimum Gasteiger partial charge on any atom is -0.493 e. The summed E-state index contributed by atoms with van der Waals surface area (Å²) < 4.78 is 18.4. The molecule has 0 aromatic heterocycles. The number of aliphatic hydroxyl groups excluding tert-OH is 1. The molecule has 0 bridgehead atoms. The van der Waals surface area contributed by atoms with E-state index in [-0.39, 0.29) is 11.3 Å². The average Bonchev–Trinajstić information content (AvgIpc) is 3.63. The van der Waals surface area contributed by atoms with Crippen LogP contribution in [0.1, 0.15) is 62.1 Å². The van der Waals surface area contributed by atoms with E-state index >= 15 is 0 Å². The van der Waals surface area contributed by atoms with Crippen molar-refractivity contribution in [3.05, 3.63) is 95.6 Å². The Morgan fingerprint density at radius 3 is 2.32 bits per heavy atom. The Kier molecular flexibility index (Phi) is 9.12. The van der Waals surface area contributed by atoms with Gasteiger partial charge in [-0.25, -0.2) is 0 Å². The number of carbonyl (C=O) groups is 1. The summed E-state index contributed by atoms with van der Waals surface area (Å²) in [6.45, 7) is 5.98. The molecule has 3 aromatic carbocycles. The van der Waals surface area contributed by atoms with E-state index in [1.807, 2.05) is 48.2 Å². The molecule has 1 N–H and O–H groups in total. The summed E-state index contributed by atoms with van der Waals surface area (Å²) in [6.07, 6.45) is 4.18. The third-order valence-electron chi connectivity index (χ3n) is 9.49. The van der Waals surface area contributed by atoms with Gasteiger partial charge in [0.25, 0.3) is 0 Å². The molecule has 5 rings (SSSR count). The largest absolute Gasteiger partial charge is 0.493 e. The Morgan fingerprint density at radius 1 is 1.00 bits per heavy atom. The molecule has 3 unspecified atom stereocenters. The lowest BCUT2D eigenvalue weighted by Crippen LogP contribution is -2.41. The van der Waals surface area contributed by atoms with Crippen molar-refractivity contribution in [3.63, 3.8) is 0 Å². The SMILES string of the molecule is COc1ccc(C2CN(C(C=O)OCc3ccccc3)CC2(C)[C@@H](C)O)cc1OCC1(c2ccccc2)CCCC1. The first-order valence-electron chi connectivity index (χ1n) is 14.8. The number of likely N-dealkylation sites (tertiary alicyclic amines) is 1. The third-order valence-corrected chi connectivity index (χ3v) is 9.49. The molecule has 0 spiro atoms. The molecule has 2 fully saturated rings. The minimum atomic E-state index is -0.694. The van der Waals surface area contributed by atoms with Crippen LogP contribution in [0.15, 0.2) is 78.9 Å². The second-order valence-electron chi connectivity index (χ2n) is 12.0. The summed E-state index contributed by atoms with van der Waals surface area (Å²) in [6, 6.07) is 26.7. The summed E-state index contributed by atoms with van der Waals surface area (Å²) in [5, 5.41) is 11.0. The van der Waals surface area contributed by atoms with E-state index in [2.05, 4.69) is 49.4 Å². The molecule has 218 valence electrons. The topological polar surface area (TPSA) is 68.2 Å². The van der Waals surface area contributed by atoms with Crippen molar-refractivity contribution in [2.24, 2.45) is 5.41 Å². The van der Waals surface area contributed by atoms with Gasteiger partial charge in [0, 0.05) is 29.8 Å². The monoisotopic (exact) mass is 557 g/mol. The number of carbonyl (C=O) groups excluding carboxylic acids is 1. The van der Waals surface area contributed by atoms with Gasteiger partial charge in [0.1, 0.15) is 0 Å². The normalized spacial score (nSPS) is 23.7. The van der Waals surface area contributed by atoms with Gasteiger partial charge >= 0.3 is 0 Å². The van der Waals surface area contributed by atoms with Gasteiger partial charge < -0.3 is 19.3 Å². The molecule has 2 aliphatic rings. The molecule has 1 aliphatic carbocycles. The molecule has 41 heavy (non-hydrogen) atoms. The van der Waals surface area contributed by atoms with Crippen molar-refractivity contribution in [1.29, 1.82) is 0 Å². The van der Waals surface area contributed by atoms with Crippen LogP contribution in [0.2, 0.25) is 0 Å². The second-order valence-corrected chi connectivity index (χ2v) is 12.0. The molecule has 1 heterocycles. The van der Waals surface area contributed by atoms with Crippen molar-refractivity contribution in [2.75, 3.05) is 26.8 Å². The standard InChI is InChI=1S/C35H43NO5/c1-26(38)34(2)24-36(33(22-37)40-23-27-12-6-4-7-13-27)21-30(34)28-16-17-31(39-3)32(20-28)41-25-35(18-10-11-19-35)29-14-8-5-9-15-29/h4-9,12-17,20,22,26,30,33,38H,10-11,18-19,21,23-25H2,1-3H3/t26-,30?,33?,34?/m1/s1. The summed E-state index contributed by atoms with van der Waals surface area (Å²) in [7, 11) is 1.67. The lowest BCUT2D eigenvalue weighted by atomic mass is 9.72. The van der Waals surface area contributed by atoms with E-state index in [1.54, 1.807) is 7.11 Å². The maximum absolute atomic E-state index is 12.2. The number of benzene rings is 3. The number of hydrogen-bond acceptors (Lipinski definition) is 6. The van der Waals surface area contributed by atoms with Crippen LogP contribution in [-0.2, 0) is 21.6 Å². The zero-order chi connectivity index (χ0) is 28.9. The second kappa shape index (κ2) is 12.8. The maximum atomic E-state index is 12.2. The van der Waals surface area contributed by atoms with E-state index in [9.17, 15) is 9.90 Å². The zero-order valence-corrected chi connectivity index (χ0v) is 24.5. The molecule has 0 amide bonds. The predicted octanol–water partition coefficient (Wildman–Crippen LogP) is 6.11. The fourth-order valence-corrected chi connectivity index (χ4v) is 6.74. The van der Waals surface area contributed by atoms with Crippen molar-refractivity contribution >= 4 is 6.29 Å². The highest BCUT2D eigenvalue weighted by atomic mass is 16.5. The smallest absolute Gasteiger partial charge is 0.167 e. The highest BCUT2D eigenvalue weighted by Crippen LogP contribution is 2.48. The van der Waals surface area contributed by atoms with Crippen LogP contribution in [0.5, 0.6) is 11.5 Å². The lowest BCUT2D eigenvalue weighted by molar-refractivity contribution is -0.132. The van der Waals surface area contributed by atoms with Crippen LogP contribution in [-0.4, -0.2) is 55.4 Å². The molecule has 6 heteroatoms. The lowest BCUT2D eigenvalue weighted by Gasteiger charge is -2.34. The van der Waals surface area contributed by atoms with Gasteiger partial charge in [-0.1, -0.05) is 86.5 Å². The minimum absolute atomic E-state index is 0.00612. The van der Waals surface area contributed by atoms with Crippen LogP contribution in [0, 0.1) is 5.41 Å². The van der Waals surface area contributed by atoms with Crippen molar-refractivity contribution in [1.82, 2.24) is 4.90 Å². The van der Waals surface area contributed by atoms with Crippen LogP contribution >= 0.6 is 0 Å². The van der Waals surface area contributed by atoms with E-state index in [0.29, 0.717) is 37.8 Å². The van der Waals surface area contributed by atoms with Crippen LogP contribution < -0.4 is 9.47 Å². The third kappa shape index (κ3) is 6.20. The molecule has 6 nitrogen and oxygen atoms in total. The summed E-state index contributed by atoms with van der Waals surface area (Å²) >= 11 is 0. The molecular weight excluding hydrogens is 514 g/mol. The Bertz CT molecular complexity index is 1270. The summed E-state index contributed by atoms with van der Waals surface area (Å²) in [5.41, 5.74) is 2.91. The highest BCUT2D eigenvalue weighted by molar-refractivity contribution is 5.56. The van der Waals surface area contributed by atoms with Crippen LogP contribution in [0.3, 0.4) is 0 Å². The van der Waals surface area contributed by atoms with Gasteiger partial charge in [0.05, 0.1) is 26.4 Å². The molecular formula is C35H43NO5. The van der Waals surface area contributed by atoms with Crippen molar-refractivity contribution in [2.45, 2.75) is 69.8 Å². The van der Waals surface area contributed by atoms with E-state index < -0.39 is 17.7 Å². The number of aldehydes is 1. The summed E-state index contributed by atoms with van der Waals surface area (Å²) in [4.78, 5) is 14.2. The zero-order valence-electron chi connectivity index (χ0n) is 24.5. The van der Waals surface area contributed by atoms with Gasteiger partial charge in [-0.2, -0.15) is 0 Å². The Balaban J connectivity index is 1.37. The highest BCUT2D eigenvalue weighted by Gasteiger charge is 2.49. The van der Waals surface area contributed by atoms with E-state index in [0.717, 1.165) is 30.3 Å². The first-order chi connectivity index (χ1) is 19.9. The van der Waals surface area contributed by atoms with Gasteiger partial charge in [-0.05, 0) is 48.6 Å². The first kappa shape index (κ1) is 29.3. The Labute approximate surface area is 244 Å². The van der Waals surface area contributed by atoms with Gasteiger partial charge in [-0.15, -0.1) is 0 Å². The molecule has 4 atom stereocenters. The first-order valence-corrected chi connectivity index (χ1v) is 14.8. The number of rotatable bonds is 12. The van der Waals surface area contributed by atoms with Gasteiger partial charge in [0.2, 0.25) is 0 Å². The molecule has 1 saturated carbocycles. The Hall–Kier alpha value is -3.19. The van der Waals surface area contributed by atoms with Gasteiger partial charge in [-0.3, -0.25) is 9.69 Å².